The maximum atomic E-state index is 5.39. The largest absolute Gasteiger partial charge is 0.354 e. The number of rotatable bonds is 4. The van der Waals surface area contributed by atoms with Gasteiger partial charge in [-0.05, 0) is 119 Å². The molecule has 7 aromatic rings. The Kier molecular flexibility index (Phi) is 8.79. The highest BCUT2D eigenvalue weighted by Crippen LogP contribution is 2.39. The van der Waals surface area contributed by atoms with Crippen molar-refractivity contribution in [3.8, 4) is 44.5 Å². The van der Waals surface area contributed by atoms with Crippen LogP contribution in [0.2, 0.25) is 0 Å². The Bertz CT molecular complexity index is 2440. The molecule has 9 rings (SSSR count). The van der Waals surface area contributed by atoms with E-state index in [4.69, 9.17) is 9.97 Å². The first-order chi connectivity index (χ1) is 25.4. The van der Waals surface area contributed by atoms with Crippen LogP contribution in [0.5, 0.6) is 0 Å². The number of hydrogen-bond acceptors (Lipinski definition) is 2. The molecule has 0 amide bonds. The number of halogens is 4. The van der Waals surface area contributed by atoms with Gasteiger partial charge in [-0.1, -0.05) is 112 Å². The molecule has 0 unspecified atom stereocenters. The van der Waals surface area contributed by atoms with Crippen LogP contribution < -0.4 is 0 Å². The van der Waals surface area contributed by atoms with Crippen molar-refractivity contribution in [1.82, 2.24) is 19.9 Å². The van der Waals surface area contributed by atoms with Crippen LogP contribution in [0.1, 0.15) is 22.8 Å². The second-order valence-corrected chi connectivity index (χ2v) is 16.2. The minimum atomic E-state index is 0.868. The Morgan fingerprint density at radius 3 is 0.808 bits per heavy atom. The lowest BCUT2D eigenvalue weighted by Crippen LogP contribution is -1.90. The van der Waals surface area contributed by atoms with Gasteiger partial charge in [-0.2, -0.15) is 0 Å². The first kappa shape index (κ1) is 33.3. The molecule has 4 nitrogen and oxygen atoms in total. The lowest BCUT2D eigenvalue weighted by Gasteiger charge is -2.07. The molecule has 0 spiro atoms. The van der Waals surface area contributed by atoms with E-state index in [-0.39, 0.29) is 0 Å². The zero-order chi connectivity index (χ0) is 35.3. The van der Waals surface area contributed by atoms with Gasteiger partial charge in [-0.3, -0.25) is 0 Å². The smallest absolute Gasteiger partial charge is 0.0737 e. The van der Waals surface area contributed by atoms with Crippen LogP contribution in [0.25, 0.3) is 90.9 Å². The number of nitrogens with one attached hydrogen (secondary N) is 2. The number of aromatic amines is 2. The van der Waals surface area contributed by atoms with Crippen molar-refractivity contribution in [3.05, 3.63) is 162 Å². The van der Waals surface area contributed by atoms with Crippen molar-refractivity contribution >= 4 is 110 Å². The number of benzene rings is 4. The second kappa shape index (κ2) is 13.7. The molecule has 5 heterocycles. The summed E-state index contributed by atoms with van der Waals surface area (Å²) in [6.07, 6.45) is 8.48. The standard InChI is InChI=1S/C44H26Br4N4/c45-29-9-1-5-25(21-29)41-33-13-15-35(49-33)42(26-6-2-10-30(46)22-26)37-17-19-39(51-37)44(28-8-4-12-32(48)24-28)40-20-18-38(52-40)43(36-16-14-34(41)50-36)27-7-3-11-31(47)23-27/h1-24,49,52H. The van der Waals surface area contributed by atoms with Crippen LogP contribution in [0.4, 0.5) is 0 Å². The summed E-state index contributed by atoms with van der Waals surface area (Å²) in [5, 5.41) is 0. The predicted octanol–water partition coefficient (Wildman–Crippen LogP) is 14.4. The Morgan fingerprint density at radius 1 is 0.327 bits per heavy atom. The molecular formula is C44H26Br4N4. The molecule has 2 N–H and O–H groups in total. The number of aromatic nitrogens is 4. The third-order valence-corrected chi connectivity index (χ3v) is 11.2. The summed E-state index contributed by atoms with van der Waals surface area (Å²) < 4.78 is 3.98. The van der Waals surface area contributed by atoms with Crippen molar-refractivity contribution in [2.75, 3.05) is 0 Å². The van der Waals surface area contributed by atoms with E-state index in [1.807, 2.05) is 24.3 Å². The van der Waals surface area contributed by atoms with Crippen molar-refractivity contribution in [1.29, 1.82) is 0 Å². The molecule has 250 valence electrons. The van der Waals surface area contributed by atoms with Gasteiger partial charge in [0.05, 0.1) is 22.8 Å². The van der Waals surface area contributed by atoms with E-state index in [9.17, 15) is 0 Å². The van der Waals surface area contributed by atoms with E-state index in [1.54, 1.807) is 0 Å². The predicted molar refractivity (Wildman–Crippen MR) is 231 cm³/mol. The number of hydrogen-bond donors (Lipinski definition) is 2. The van der Waals surface area contributed by atoms with Crippen LogP contribution in [0.15, 0.2) is 139 Å². The van der Waals surface area contributed by atoms with Gasteiger partial charge in [0.1, 0.15) is 0 Å². The third-order valence-electron chi connectivity index (χ3n) is 9.21. The first-order valence-corrected chi connectivity index (χ1v) is 19.8. The molecule has 2 aliphatic heterocycles. The number of nitrogens with zero attached hydrogens (tertiary/aromatic N) is 2. The van der Waals surface area contributed by atoms with Crippen molar-refractivity contribution in [2.45, 2.75) is 0 Å². The summed E-state index contributed by atoms with van der Waals surface area (Å²) in [6.45, 7) is 0. The highest BCUT2D eigenvalue weighted by atomic mass is 79.9. The van der Waals surface area contributed by atoms with Crippen LogP contribution >= 0.6 is 63.7 Å². The van der Waals surface area contributed by atoms with Crippen molar-refractivity contribution in [3.63, 3.8) is 0 Å². The van der Waals surface area contributed by atoms with Crippen LogP contribution in [0, 0.1) is 0 Å². The lowest BCUT2D eigenvalue weighted by molar-refractivity contribution is 1.31. The fourth-order valence-corrected chi connectivity index (χ4v) is 8.59. The van der Waals surface area contributed by atoms with E-state index >= 15 is 0 Å². The Balaban J connectivity index is 1.49. The monoisotopic (exact) mass is 926 g/mol. The summed E-state index contributed by atoms with van der Waals surface area (Å²) >= 11 is 14.9. The van der Waals surface area contributed by atoms with E-state index in [0.29, 0.717) is 0 Å². The summed E-state index contributed by atoms with van der Waals surface area (Å²) in [4.78, 5) is 18.4. The minimum Gasteiger partial charge on any atom is -0.354 e. The highest BCUT2D eigenvalue weighted by Gasteiger charge is 2.19. The van der Waals surface area contributed by atoms with Crippen LogP contribution in [-0.2, 0) is 0 Å². The van der Waals surface area contributed by atoms with E-state index in [1.165, 1.54) is 0 Å². The van der Waals surface area contributed by atoms with Gasteiger partial charge in [0.25, 0.3) is 0 Å². The highest BCUT2D eigenvalue weighted by molar-refractivity contribution is 9.11. The topological polar surface area (TPSA) is 57.4 Å². The summed E-state index contributed by atoms with van der Waals surface area (Å²) in [5.41, 5.74) is 15.5. The molecule has 0 atom stereocenters. The van der Waals surface area contributed by atoms with Gasteiger partial charge >= 0.3 is 0 Å². The van der Waals surface area contributed by atoms with Gasteiger partial charge in [-0.15, -0.1) is 0 Å². The summed E-state index contributed by atoms with van der Waals surface area (Å²) in [7, 11) is 0. The normalized spacial score (nSPS) is 12.1. The van der Waals surface area contributed by atoms with Gasteiger partial charge in [0.2, 0.25) is 0 Å². The zero-order valence-electron chi connectivity index (χ0n) is 27.3. The maximum Gasteiger partial charge on any atom is 0.0737 e. The number of fused-ring (bicyclic) bond motifs is 8. The SMILES string of the molecule is Brc1cccc(-c2c3nc(c(-c4cccc(Br)c4)c4ccc([nH]4)c(-c4cccc(Br)c4)c4nc(c(-c5cccc(Br)c5)c5ccc2[nH]5)C=C4)C=C3)c1. The fourth-order valence-electron chi connectivity index (χ4n) is 7.00. The molecule has 0 aliphatic carbocycles. The molecule has 52 heavy (non-hydrogen) atoms. The van der Waals surface area contributed by atoms with Gasteiger partial charge in [0, 0.05) is 62.2 Å². The molecule has 2 aliphatic rings. The maximum absolute atomic E-state index is 5.39. The molecule has 8 bridgehead atoms. The average molecular weight is 930 g/mol. The molecular weight excluding hydrogens is 904 g/mol. The Morgan fingerprint density at radius 2 is 0.577 bits per heavy atom. The first-order valence-electron chi connectivity index (χ1n) is 16.6. The molecule has 3 aromatic heterocycles. The van der Waals surface area contributed by atoms with Crippen molar-refractivity contribution < 1.29 is 0 Å². The van der Waals surface area contributed by atoms with Gasteiger partial charge < -0.3 is 9.97 Å². The van der Waals surface area contributed by atoms with E-state index < -0.39 is 0 Å². The van der Waals surface area contributed by atoms with Gasteiger partial charge in [0.15, 0.2) is 0 Å². The quantitative estimate of drug-likeness (QED) is 0.185. The summed E-state index contributed by atoms with van der Waals surface area (Å²) in [5.74, 6) is 0. The minimum absolute atomic E-state index is 0.868. The van der Waals surface area contributed by atoms with E-state index in [2.05, 4.69) is 195 Å². The molecule has 8 heteroatoms. The van der Waals surface area contributed by atoms with E-state index in [0.717, 1.165) is 107 Å². The molecule has 0 radical (unpaired) electrons. The fraction of sp³-hybridized carbons (Fsp3) is 0. The number of H-pyrrole nitrogens is 2. The lowest BCUT2D eigenvalue weighted by atomic mass is 10.0. The van der Waals surface area contributed by atoms with Crippen LogP contribution in [-0.4, -0.2) is 19.9 Å². The molecule has 4 aromatic carbocycles. The van der Waals surface area contributed by atoms with Gasteiger partial charge in [-0.25, -0.2) is 9.97 Å². The average Bonchev–Trinajstić information content (AvgIpc) is 3.96. The second-order valence-electron chi connectivity index (χ2n) is 12.5. The van der Waals surface area contributed by atoms with Crippen molar-refractivity contribution in [2.24, 2.45) is 0 Å². The molecule has 0 saturated heterocycles. The Labute approximate surface area is 334 Å². The molecule has 0 saturated carbocycles. The van der Waals surface area contributed by atoms with Crippen LogP contribution in [0.3, 0.4) is 0 Å². The molecule has 0 fully saturated rings. The summed E-state index contributed by atoms with van der Waals surface area (Å²) in [6, 6.07) is 42.1. The zero-order valence-corrected chi connectivity index (χ0v) is 33.6. The Hall–Kier alpha value is -4.60. The third kappa shape index (κ3) is 6.28.